The Morgan fingerprint density at radius 1 is 1.15 bits per heavy atom. The van der Waals surface area contributed by atoms with Crippen LogP contribution in [0.15, 0.2) is 30.3 Å². The van der Waals surface area contributed by atoms with Crippen LogP contribution in [0.2, 0.25) is 0 Å². The normalized spacial score (nSPS) is 10.4. The first-order valence-electron chi connectivity index (χ1n) is 4.47. The monoisotopic (exact) mass is 179 g/mol. The van der Waals surface area contributed by atoms with E-state index in [1.807, 2.05) is 30.3 Å². The van der Waals surface area contributed by atoms with Crippen LogP contribution in [0.5, 0.6) is 0 Å². The van der Waals surface area contributed by atoms with Gasteiger partial charge in [0.15, 0.2) is 0 Å². The number of benzene rings is 1. The van der Waals surface area contributed by atoms with Crippen LogP contribution in [0.3, 0.4) is 0 Å². The van der Waals surface area contributed by atoms with Gasteiger partial charge in [-0.2, -0.15) is 0 Å². The van der Waals surface area contributed by atoms with E-state index in [0.29, 0.717) is 0 Å². The van der Waals surface area contributed by atoms with Gasteiger partial charge in [0.2, 0.25) is 0 Å². The molecule has 72 valence electrons. The van der Waals surface area contributed by atoms with Gasteiger partial charge in [-0.05, 0) is 26.2 Å². The summed E-state index contributed by atoms with van der Waals surface area (Å²) in [4.78, 5) is 2.14. The first kappa shape index (κ1) is 10.0. The van der Waals surface area contributed by atoms with Crippen molar-refractivity contribution in [3.05, 3.63) is 30.3 Å². The van der Waals surface area contributed by atoms with Gasteiger partial charge in [-0.25, -0.2) is 5.43 Å². The van der Waals surface area contributed by atoms with E-state index in [9.17, 15) is 0 Å². The molecule has 3 nitrogen and oxygen atoms in total. The third-order valence-electron chi connectivity index (χ3n) is 1.69. The van der Waals surface area contributed by atoms with E-state index in [0.717, 1.165) is 18.8 Å². The van der Waals surface area contributed by atoms with Crippen LogP contribution in [0.25, 0.3) is 0 Å². The maximum Gasteiger partial charge on any atom is 0.0487 e. The quantitative estimate of drug-likeness (QED) is 0.525. The molecule has 0 heterocycles. The van der Waals surface area contributed by atoms with Gasteiger partial charge in [0.05, 0.1) is 0 Å². The molecule has 0 bridgehead atoms. The first-order chi connectivity index (χ1) is 6.29. The van der Waals surface area contributed by atoms with Crippen molar-refractivity contribution < 1.29 is 0 Å². The number of anilines is 1. The number of nitrogens with one attached hydrogen (secondary N) is 2. The molecule has 0 atom stereocenters. The number of likely N-dealkylation sites (N-methyl/N-ethyl adjacent to an activating group) is 1. The molecule has 0 aliphatic carbocycles. The minimum Gasteiger partial charge on any atom is -0.321 e. The SMILES string of the molecule is CN(C)CCNNc1ccccc1. The van der Waals surface area contributed by atoms with Crippen LogP contribution in [0, 0.1) is 0 Å². The van der Waals surface area contributed by atoms with Crippen molar-refractivity contribution in [2.24, 2.45) is 0 Å². The molecule has 0 fully saturated rings. The van der Waals surface area contributed by atoms with Crippen molar-refractivity contribution >= 4 is 5.69 Å². The van der Waals surface area contributed by atoms with E-state index in [-0.39, 0.29) is 0 Å². The van der Waals surface area contributed by atoms with Gasteiger partial charge in [-0.1, -0.05) is 18.2 Å². The van der Waals surface area contributed by atoms with Gasteiger partial charge >= 0.3 is 0 Å². The Hall–Kier alpha value is -1.06. The molecule has 1 aromatic rings. The van der Waals surface area contributed by atoms with Crippen LogP contribution >= 0.6 is 0 Å². The van der Waals surface area contributed by atoms with E-state index in [4.69, 9.17) is 0 Å². The fraction of sp³-hybridized carbons (Fsp3) is 0.400. The molecule has 0 aliphatic heterocycles. The zero-order chi connectivity index (χ0) is 9.52. The highest BCUT2D eigenvalue weighted by molar-refractivity contribution is 5.41. The van der Waals surface area contributed by atoms with Crippen LogP contribution in [0.1, 0.15) is 0 Å². The van der Waals surface area contributed by atoms with Gasteiger partial charge in [0.1, 0.15) is 0 Å². The number of rotatable bonds is 5. The van der Waals surface area contributed by atoms with E-state index in [1.165, 1.54) is 0 Å². The Labute approximate surface area is 79.7 Å². The predicted octanol–water partition coefficient (Wildman–Crippen LogP) is 1.16. The third-order valence-corrected chi connectivity index (χ3v) is 1.69. The molecule has 0 amide bonds. The third kappa shape index (κ3) is 4.50. The number of hydrogen-bond acceptors (Lipinski definition) is 3. The second-order valence-corrected chi connectivity index (χ2v) is 3.22. The summed E-state index contributed by atoms with van der Waals surface area (Å²) in [6.07, 6.45) is 0. The summed E-state index contributed by atoms with van der Waals surface area (Å²) in [5.74, 6) is 0. The molecule has 3 heteroatoms. The molecule has 0 aromatic heterocycles. The molecule has 2 N–H and O–H groups in total. The lowest BCUT2D eigenvalue weighted by Gasteiger charge is -2.11. The average Bonchev–Trinajstić information content (AvgIpc) is 2.14. The van der Waals surface area contributed by atoms with Crippen molar-refractivity contribution in [1.82, 2.24) is 10.3 Å². The lowest BCUT2D eigenvalue weighted by atomic mass is 10.3. The summed E-state index contributed by atoms with van der Waals surface area (Å²) >= 11 is 0. The Morgan fingerprint density at radius 3 is 2.46 bits per heavy atom. The molecule has 1 aromatic carbocycles. The fourth-order valence-corrected chi connectivity index (χ4v) is 0.966. The number of para-hydroxylation sites is 1. The van der Waals surface area contributed by atoms with Gasteiger partial charge in [-0.15, -0.1) is 0 Å². The zero-order valence-electron chi connectivity index (χ0n) is 8.25. The Balaban J connectivity index is 2.13. The highest BCUT2D eigenvalue weighted by Crippen LogP contribution is 2.01. The minimum absolute atomic E-state index is 0.932. The number of hydrazine groups is 1. The molecule has 0 saturated carbocycles. The summed E-state index contributed by atoms with van der Waals surface area (Å²) in [5, 5.41) is 0. The molecule has 0 radical (unpaired) electrons. The van der Waals surface area contributed by atoms with Gasteiger partial charge < -0.3 is 10.3 Å². The highest BCUT2D eigenvalue weighted by Gasteiger charge is 1.89. The van der Waals surface area contributed by atoms with Crippen molar-refractivity contribution in [2.75, 3.05) is 32.6 Å². The summed E-state index contributed by atoms with van der Waals surface area (Å²) in [6.45, 7) is 1.96. The molecule has 0 saturated heterocycles. The number of nitrogens with zero attached hydrogens (tertiary/aromatic N) is 1. The van der Waals surface area contributed by atoms with Gasteiger partial charge in [-0.3, -0.25) is 0 Å². The van der Waals surface area contributed by atoms with Crippen molar-refractivity contribution in [2.45, 2.75) is 0 Å². The Bertz CT molecular complexity index is 221. The second-order valence-electron chi connectivity index (χ2n) is 3.22. The lowest BCUT2D eigenvalue weighted by molar-refractivity contribution is 0.407. The smallest absolute Gasteiger partial charge is 0.0487 e. The number of hydrogen-bond donors (Lipinski definition) is 2. The molecule has 0 aliphatic rings. The van der Waals surface area contributed by atoms with E-state index >= 15 is 0 Å². The van der Waals surface area contributed by atoms with Gasteiger partial charge in [0, 0.05) is 18.8 Å². The second kappa shape index (κ2) is 5.56. The Morgan fingerprint density at radius 2 is 1.85 bits per heavy atom. The largest absolute Gasteiger partial charge is 0.321 e. The summed E-state index contributed by atoms with van der Waals surface area (Å²) in [7, 11) is 4.12. The van der Waals surface area contributed by atoms with E-state index < -0.39 is 0 Å². The van der Waals surface area contributed by atoms with Crippen LogP contribution < -0.4 is 10.9 Å². The van der Waals surface area contributed by atoms with Crippen LogP contribution in [-0.2, 0) is 0 Å². The van der Waals surface area contributed by atoms with Crippen molar-refractivity contribution in [3.8, 4) is 0 Å². The molecular formula is C10H17N3. The van der Waals surface area contributed by atoms with Crippen molar-refractivity contribution in [1.29, 1.82) is 0 Å². The van der Waals surface area contributed by atoms with E-state index in [2.05, 4.69) is 29.8 Å². The van der Waals surface area contributed by atoms with E-state index in [1.54, 1.807) is 0 Å². The molecule has 1 rings (SSSR count). The predicted molar refractivity (Wildman–Crippen MR) is 56.6 cm³/mol. The van der Waals surface area contributed by atoms with Crippen LogP contribution in [0.4, 0.5) is 5.69 Å². The first-order valence-corrected chi connectivity index (χ1v) is 4.47. The molecular weight excluding hydrogens is 162 g/mol. The summed E-state index contributed by atoms with van der Waals surface area (Å²) in [5.41, 5.74) is 7.36. The minimum atomic E-state index is 0.932. The highest BCUT2D eigenvalue weighted by atomic mass is 15.4. The van der Waals surface area contributed by atoms with Gasteiger partial charge in [0.25, 0.3) is 0 Å². The zero-order valence-corrected chi connectivity index (χ0v) is 8.25. The maximum absolute atomic E-state index is 3.14. The topological polar surface area (TPSA) is 27.3 Å². The lowest BCUT2D eigenvalue weighted by Crippen LogP contribution is -2.30. The standard InChI is InChI=1S/C10H17N3/c1-13(2)9-8-11-12-10-6-4-3-5-7-10/h3-7,11-12H,8-9H2,1-2H3. The van der Waals surface area contributed by atoms with Crippen LogP contribution in [-0.4, -0.2) is 32.1 Å². The Kier molecular flexibility index (Phi) is 4.29. The molecule has 0 spiro atoms. The molecule has 0 unspecified atom stereocenters. The summed E-state index contributed by atoms with van der Waals surface area (Å²) in [6, 6.07) is 10.1. The molecule has 13 heavy (non-hydrogen) atoms. The fourth-order valence-electron chi connectivity index (χ4n) is 0.966. The summed E-state index contributed by atoms with van der Waals surface area (Å²) < 4.78 is 0. The van der Waals surface area contributed by atoms with Crippen molar-refractivity contribution in [3.63, 3.8) is 0 Å². The average molecular weight is 179 g/mol. The maximum atomic E-state index is 3.14.